The van der Waals surface area contributed by atoms with Crippen molar-refractivity contribution in [1.82, 2.24) is 10.6 Å². The molecule has 6 aromatic rings. The molecule has 7 heteroatoms. The molecular formula is C40H35N7. The van der Waals surface area contributed by atoms with Crippen molar-refractivity contribution < 1.29 is 0 Å². The lowest BCUT2D eigenvalue weighted by Gasteiger charge is -2.10. The topological polar surface area (TPSA) is 109 Å². The minimum absolute atomic E-state index is 0.313. The Morgan fingerprint density at radius 1 is 0.468 bits per heavy atom. The van der Waals surface area contributed by atoms with E-state index in [1.807, 2.05) is 84.9 Å². The summed E-state index contributed by atoms with van der Waals surface area (Å²) < 4.78 is 0. The fraction of sp³-hybridized carbons (Fsp3) is 0.0500. The van der Waals surface area contributed by atoms with Gasteiger partial charge in [0.1, 0.15) is 11.7 Å². The van der Waals surface area contributed by atoms with Crippen molar-refractivity contribution in [3.63, 3.8) is 0 Å². The van der Waals surface area contributed by atoms with E-state index < -0.39 is 0 Å². The number of hydrogen-bond acceptors (Lipinski definition) is 4. The van der Waals surface area contributed by atoms with Gasteiger partial charge in [-0.25, -0.2) is 0 Å². The Kier molecular flexibility index (Phi) is 9.85. The second-order valence-electron chi connectivity index (χ2n) is 11.0. The van der Waals surface area contributed by atoms with Gasteiger partial charge in [-0.1, -0.05) is 139 Å². The Balaban J connectivity index is 0.989. The number of hydrogen-bond donors (Lipinski definition) is 5. The third kappa shape index (κ3) is 8.44. The average Bonchev–Trinajstić information content (AvgIpc) is 3.14. The molecule has 0 aliphatic rings. The van der Waals surface area contributed by atoms with Crippen LogP contribution in [0.15, 0.2) is 168 Å². The van der Waals surface area contributed by atoms with Gasteiger partial charge in [0.15, 0.2) is 0 Å². The maximum absolute atomic E-state index is 8.54. The van der Waals surface area contributed by atoms with E-state index in [1.54, 1.807) is 0 Å². The molecule has 0 spiro atoms. The highest BCUT2D eigenvalue weighted by Gasteiger charge is 2.06. The second-order valence-corrected chi connectivity index (χ2v) is 11.0. The summed E-state index contributed by atoms with van der Waals surface area (Å²) in [7, 11) is 0. The van der Waals surface area contributed by atoms with Crippen LogP contribution in [0, 0.1) is 10.8 Å². The fourth-order valence-corrected chi connectivity index (χ4v) is 5.08. The van der Waals surface area contributed by atoms with Gasteiger partial charge in [0.25, 0.3) is 0 Å². The molecule has 0 aliphatic carbocycles. The van der Waals surface area contributed by atoms with Crippen molar-refractivity contribution in [2.24, 2.45) is 10.3 Å². The summed E-state index contributed by atoms with van der Waals surface area (Å²) in [5, 5.41) is 31.9. The van der Waals surface area contributed by atoms with Gasteiger partial charge in [0.2, 0.25) is 0 Å². The summed E-state index contributed by atoms with van der Waals surface area (Å²) in [5.74, 6) is 0.636. The van der Waals surface area contributed by atoms with Crippen LogP contribution in [0.4, 0.5) is 11.4 Å². The molecule has 0 saturated carbocycles. The zero-order valence-corrected chi connectivity index (χ0v) is 25.8. The summed E-state index contributed by atoms with van der Waals surface area (Å²) in [6, 6.07) is 52.2. The minimum Gasteiger partial charge on any atom is -0.366 e. The fourth-order valence-electron chi connectivity index (χ4n) is 5.08. The van der Waals surface area contributed by atoms with Crippen LogP contribution >= 0.6 is 0 Å². The number of amidine groups is 2. The lowest BCUT2D eigenvalue weighted by molar-refractivity contribution is 0.908. The van der Waals surface area contributed by atoms with E-state index in [9.17, 15) is 0 Å². The summed E-state index contributed by atoms with van der Waals surface area (Å²) >= 11 is 0. The number of benzene rings is 6. The molecule has 230 valence electrons. The molecule has 0 atom stereocenters. The molecule has 0 aliphatic heterocycles. The van der Waals surface area contributed by atoms with Gasteiger partial charge in [0, 0.05) is 24.2 Å². The highest BCUT2D eigenvalue weighted by molar-refractivity contribution is 5.97. The highest BCUT2D eigenvalue weighted by atomic mass is 15.4. The largest absolute Gasteiger partial charge is 0.366 e. The summed E-state index contributed by atoms with van der Waals surface area (Å²) in [5.41, 5.74) is 12.6. The van der Waals surface area contributed by atoms with Crippen molar-refractivity contribution in [3.8, 4) is 22.3 Å². The highest BCUT2D eigenvalue weighted by Crippen LogP contribution is 2.21. The van der Waals surface area contributed by atoms with E-state index >= 15 is 0 Å². The van der Waals surface area contributed by atoms with Gasteiger partial charge in [-0.15, -0.1) is 5.11 Å². The molecule has 0 fully saturated rings. The molecule has 0 aromatic heterocycles. The van der Waals surface area contributed by atoms with Crippen molar-refractivity contribution in [1.29, 1.82) is 10.8 Å². The van der Waals surface area contributed by atoms with Crippen molar-refractivity contribution in [2.75, 3.05) is 5.43 Å². The van der Waals surface area contributed by atoms with E-state index in [4.69, 9.17) is 10.8 Å². The van der Waals surface area contributed by atoms with Gasteiger partial charge in [-0.05, 0) is 57.6 Å². The van der Waals surface area contributed by atoms with Gasteiger partial charge in [0.05, 0.1) is 11.4 Å². The third-order valence-electron chi connectivity index (χ3n) is 7.69. The standard InChI is InChI=1S/C40H35N7/c41-39(43-27-29-17-21-33(22-18-29)31-9-3-1-4-10-31)35-13-7-15-37(25-35)45-47-46-38-16-8-14-36(26-38)40(42)44-28-30-19-23-34(24-20-30)32-11-5-2-6-12-32/h1-26H,27-28H2,(H2,41,43)(H2,42,44)(H,45,46). The molecule has 5 N–H and O–H groups in total. The first-order valence-electron chi connectivity index (χ1n) is 15.4. The predicted octanol–water partition coefficient (Wildman–Crippen LogP) is 9.36. The van der Waals surface area contributed by atoms with Gasteiger partial charge in [-0.3, -0.25) is 16.2 Å². The normalized spacial score (nSPS) is 10.8. The summed E-state index contributed by atoms with van der Waals surface area (Å²) in [6.07, 6.45) is 0. The molecule has 47 heavy (non-hydrogen) atoms. The van der Waals surface area contributed by atoms with Crippen LogP contribution in [0.2, 0.25) is 0 Å². The number of rotatable bonds is 11. The van der Waals surface area contributed by atoms with Crippen molar-refractivity contribution in [2.45, 2.75) is 13.1 Å². The van der Waals surface area contributed by atoms with E-state index in [0.717, 1.165) is 22.3 Å². The third-order valence-corrected chi connectivity index (χ3v) is 7.69. The summed E-state index contributed by atoms with van der Waals surface area (Å²) in [4.78, 5) is 0. The van der Waals surface area contributed by atoms with Crippen LogP contribution < -0.4 is 16.1 Å². The Bertz CT molecular complexity index is 1970. The Labute approximate surface area is 275 Å². The minimum atomic E-state index is 0.313. The molecule has 6 rings (SSSR count). The van der Waals surface area contributed by atoms with Crippen LogP contribution in [0.1, 0.15) is 22.3 Å². The van der Waals surface area contributed by atoms with E-state index in [2.05, 4.69) is 99.2 Å². The quantitative estimate of drug-likeness (QED) is 0.0435. The first kappa shape index (κ1) is 30.7. The molecule has 0 bridgehead atoms. The van der Waals surface area contributed by atoms with Crippen molar-refractivity contribution >= 4 is 23.0 Å². The maximum atomic E-state index is 8.54. The van der Waals surface area contributed by atoms with E-state index in [-0.39, 0.29) is 0 Å². The van der Waals surface area contributed by atoms with Crippen molar-refractivity contribution in [3.05, 3.63) is 180 Å². The number of nitrogens with zero attached hydrogens (tertiary/aromatic N) is 2. The number of nitrogens with one attached hydrogen (secondary N) is 5. The monoisotopic (exact) mass is 613 g/mol. The Morgan fingerprint density at radius 2 is 0.936 bits per heavy atom. The van der Waals surface area contributed by atoms with Crippen LogP contribution in [0.25, 0.3) is 22.3 Å². The summed E-state index contributed by atoms with van der Waals surface area (Å²) in [6.45, 7) is 1.09. The van der Waals surface area contributed by atoms with Crippen LogP contribution in [0.5, 0.6) is 0 Å². The first-order valence-corrected chi connectivity index (χ1v) is 15.4. The molecule has 0 saturated heterocycles. The van der Waals surface area contributed by atoms with Crippen LogP contribution in [0.3, 0.4) is 0 Å². The zero-order valence-electron chi connectivity index (χ0n) is 25.8. The van der Waals surface area contributed by atoms with Gasteiger partial charge in [-0.2, -0.15) is 0 Å². The van der Waals surface area contributed by atoms with Crippen LogP contribution in [-0.2, 0) is 13.1 Å². The molecule has 6 aromatic carbocycles. The van der Waals surface area contributed by atoms with Gasteiger partial charge < -0.3 is 10.6 Å². The Hall–Kier alpha value is -6.34. The van der Waals surface area contributed by atoms with E-state index in [1.165, 1.54) is 22.3 Å². The first-order chi connectivity index (χ1) is 23.1. The number of anilines is 1. The van der Waals surface area contributed by atoms with E-state index in [0.29, 0.717) is 36.1 Å². The molecular weight excluding hydrogens is 578 g/mol. The molecule has 0 amide bonds. The predicted molar refractivity (Wildman–Crippen MR) is 192 cm³/mol. The van der Waals surface area contributed by atoms with Crippen LogP contribution in [-0.4, -0.2) is 11.7 Å². The maximum Gasteiger partial charge on any atom is 0.125 e. The molecule has 0 unspecified atom stereocenters. The zero-order chi connectivity index (χ0) is 32.3. The average molecular weight is 614 g/mol. The lowest BCUT2D eigenvalue weighted by atomic mass is 10.0. The SMILES string of the molecule is N=C(NCc1ccc(-c2ccccc2)cc1)c1cccc(/N=N/Nc2cccc(C(=N)NCc3ccc(-c4ccccc4)cc3)c2)c1. The lowest BCUT2D eigenvalue weighted by Crippen LogP contribution is -2.22. The second kappa shape index (κ2) is 15.1. The van der Waals surface area contributed by atoms with Gasteiger partial charge >= 0.3 is 0 Å². The smallest absolute Gasteiger partial charge is 0.125 e. The molecule has 7 nitrogen and oxygen atoms in total. The molecule has 0 heterocycles. The molecule has 0 radical (unpaired) electrons. The Morgan fingerprint density at radius 3 is 1.47 bits per heavy atom.